The minimum Gasteiger partial charge on any atom is -0.0856 e. The maximum atomic E-state index is 2.42. The molecule has 0 radical (unpaired) electrons. The first-order valence-electron chi connectivity index (χ1n) is 5.82. The lowest BCUT2D eigenvalue weighted by Gasteiger charge is -2.04. The molecule has 0 saturated carbocycles. The van der Waals surface area contributed by atoms with Gasteiger partial charge in [0.1, 0.15) is 0 Å². The molecule has 0 saturated heterocycles. The summed E-state index contributed by atoms with van der Waals surface area (Å²) in [6.45, 7) is 9.13. The highest BCUT2D eigenvalue weighted by Gasteiger charge is 1.94. The van der Waals surface area contributed by atoms with Crippen LogP contribution in [0, 0.1) is 5.92 Å². The lowest BCUT2D eigenvalue weighted by Crippen LogP contribution is -1.87. The molecule has 0 heteroatoms. The number of rotatable bonds is 7. The molecule has 13 heavy (non-hydrogen) atoms. The van der Waals surface area contributed by atoms with Gasteiger partial charge in [0.2, 0.25) is 0 Å². The summed E-state index contributed by atoms with van der Waals surface area (Å²) in [5, 5.41) is 0. The Hall–Kier alpha value is -0.260. The Morgan fingerprint density at radius 3 is 2.46 bits per heavy atom. The van der Waals surface area contributed by atoms with Gasteiger partial charge in [-0.15, -0.1) is 0 Å². The van der Waals surface area contributed by atoms with E-state index in [2.05, 4.69) is 33.8 Å². The third kappa shape index (κ3) is 9.66. The summed E-state index contributed by atoms with van der Waals surface area (Å²) in [6, 6.07) is 0. The van der Waals surface area contributed by atoms with Gasteiger partial charge in [-0.25, -0.2) is 0 Å². The molecule has 78 valence electrons. The van der Waals surface area contributed by atoms with Crippen LogP contribution < -0.4 is 0 Å². The predicted molar refractivity (Wildman–Crippen MR) is 62.0 cm³/mol. The van der Waals surface area contributed by atoms with Gasteiger partial charge in [0.15, 0.2) is 0 Å². The monoisotopic (exact) mass is 182 g/mol. The van der Waals surface area contributed by atoms with Gasteiger partial charge in [-0.3, -0.25) is 0 Å². The number of allylic oxidation sites excluding steroid dienone is 2. The van der Waals surface area contributed by atoms with Crippen LogP contribution in [0.3, 0.4) is 0 Å². The highest BCUT2D eigenvalue weighted by Crippen LogP contribution is 2.12. The van der Waals surface area contributed by atoms with E-state index in [4.69, 9.17) is 0 Å². The molecule has 0 fully saturated rings. The molecule has 0 amide bonds. The summed E-state index contributed by atoms with van der Waals surface area (Å²) in [6.07, 6.45) is 10.4. The number of unbranched alkanes of at least 4 members (excludes halogenated alkanes) is 2. The van der Waals surface area contributed by atoms with Crippen LogP contribution in [-0.4, -0.2) is 0 Å². The summed E-state index contributed by atoms with van der Waals surface area (Å²) >= 11 is 0. The van der Waals surface area contributed by atoms with Crippen molar-refractivity contribution in [2.24, 2.45) is 5.92 Å². The first-order chi connectivity index (χ1) is 6.16. The lowest BCUT2D eigenvalue weighted by atomic mass is 10.0. The van der Waals surface area contributed by atoms with E-state index in [-0.39, 0.29) is 0 Å². The molecule has 0 spiro atoms. The van der Waals surface area contributed by atoms with Crippen LogP contribution in [0.2, 0.25) is 0 Å². The molecule has 0 nitrogen and oxygen atoms in total. The maximum Gasteiger partial charge on any atom is -0.0323 e. The smallest absolute Gasteiger partial charge is 0.0323 e. The zero-order valence-corrected chi connectivity index (χ0v) is 9.90. The van der Waals surface area contributed by atoms with Crippen molar-refractivity contribution in [1.82, 2.24) is 0 Å². The molecular formula is C13H26. The van der Waals surface area contributed by atoms with E-state index in [1.165, 1.54) is 38.5 Å². The summed E-state index contributed by atoms with van der Waals surface area (Å²) in [5.74, 6) is 0.864. The topological polar surface area (TPSA) is 0 Å². The van der Waals surface area contributed by atoms with Gasteiger partial charge in [0.05, 0.1) is 0 Å². The third-order valence-electron chi connectivity index (χ3n) is 2.40. The predicted octanol–water partition coefficient (Wildman–Crippen LogP) is 4.95. The van der Waals surface area contributed by atoms with Crippen molar-refractivity contribution < 1.29 is 0 Å². The average Bonchev–Trinajstić information content (AvgIpc) is 2.04. The summed E-state index contributed by atoms with van der Waals surface area (Å²) < 4.78 is 0. The molecular weight excluding hydrogens is 156 g/mol. The Bertz CT molecular complexity index is 131. The van der Waals surface area contributed by atoms with Crippen molar-refractivity contribution >= 4 is 0 Å². The van der Waals surface area contributed by atoms with Crippen molar-refractivity contribution in [3.63, 3.8) is 0 Å². The van der Waals surface area contributed by atoms with Crippen molar-refractivity contribution in [3.05, 3.63) is 11.6 Å². The Balaban J connectivity index is 3.38. The molecule has 0 bridgehead atoms. The molecule has 0 aromatic heterocycles. The van der Waals surface area contributed by atoms with E-state index in [0.29, 0.717) is 0 Å². The van der Waals surface area contributed by atoms with Crippen LogP contribution in [-0.2, 0) is 0 Å². The van der Waals surface area contributed by atoms with E-state index >= 15 is 0 Å². The van der Waals surface area contributed by atoms with Crippen LogP contribution in [0.25, 0.3) is 0 Å². The Morgan fingerprint density at radius 2 is 1.92 bits per heavy atom. The summed E-state index contributed by atoms with van der Waals surface area (Å²) in [5.41, 5.74) is 1.59. The van der Waals surface area contributed by atoms with Gasteiger partial charge >= 0.3 is 0 Å². The van der Waals surface area contributed by atoms with Gasteiger partial charge in [-0.1, -0.05) is 51.7 Å². The molecule has 0 aromatic rings. The first kappa shape index (κ1) is 12.7. The van der Waals surface area contributed by atoms with Crippen molar-refractivity contribution in [2.75, 3.05) is 0 Å². The van der Waals surface area contributed by atoms with Gasteiger partial charge in [-0.2, -0.15) is 0 Å². The van der Waals surface area contributed by atoms with Crippen molar-refractivity contribution in [1.29, 1.82) is 0 Å². The van der Waals surface area contributed by atoms with Crippen molar-refractivity contribution in [3.8, 4) is 0 Å². The molecule has 0 rings (SSSR count). The quantitative estimate of drug-likeness (QED) is 0.386. The zero-order chi connectivity index (χ0) is 10.1. The van der Waals surface area contributed by atoms with E-state index in [0.717, 1.165) is 5.92 Å². The summed E-state index contributed by atoms with van der Waals surface area (Å²) in [4.78, 5) is 0. The number of hydrogen-bond donors (Lipinski definition) is 0. The fourth-order valence-electron chi connectivity index (χ4n) is 1.44. The van der Waals surface area contributed by atoms with Crippen LogP contribution in [0.15, 0.2) is 11.6 Å². The van der Waals surface area contributed by atoms with Gasteiger partial charge in [0.25, 0.3) is 0 Å². The number of hydrogen-bond acceptors (Lipinski definition) is 0. The van der Waals surface area contributed by atoms with Crippen LogP contribution in [0.1, 0.15) is 66.2 Å². The second-order valence-electron chi connectivity index (χ2n) is 4.48. The Morgan fingerprint density at radius 1 is 1.23 bits per heavy atom. The molecule has 0 atom stereocenters. The maximum absolute atomic E-state index is 2.42. The molecule has 0 aliphatic rings. The average molecular weight is 182 g/mol. The van der Waals surface area contributed by atoms with Gasteiger partial charge in [0, 0.05) is 0 Å². The fraction of sp³-hybridized carbons (Fsp3) is 0.846. The van der Waals surface area contributed by atoms with Gasteiger partial charge < -0.3 is 0 Å². The molecule has 0 aliphatic heterocycles. The van der Waals surface area contributed by atoms with E-state index in [1.54, 1.807) is 5.57 Å². The highest BCUT2D eigenvalue weighted by atomic mass is 14.0. The third-order valence-corrected chi connectivity index (χ3v) is 2.40. The van der Waals surface area contributed by atoms with E-state index in [1.807, 2.05) is 0 Å². The lowest BCUT2D eigenvalue weighted by molar-refractivity contribution is 0.554. The van der Waals surface area contributed by atoms with Gasteiger partial charge in [-0.05, 0) is 32.1 Å². The SMILES string of the molecule is CCCCC=C(C)CCCC(C)C. The molecule has 0 N–H and O–H groups in total. The normalized spacial score (nSPS) is 12.5. The van der Waals surface area contributed by atoms with Crippen LogP contribution in [0.4, 0.5) is 0 Å². The highest BCUT2D eigenvalue weighted by molar-refractivity contribution is 4.97. The van der Waals surface area contributed by atoms with Crippen LogP contribution in [0.5, 0.6) is 0 Å². The standard InChI is InChI=1S/C13H26/c1-5-6-7-10-13(4)11-8-9-12(2)3/h10,12H,5-9,11H2,1-4H3. The summed E-state index contributed by atoms with van der Waals surface area (Å²) in [7, 11) is 0. The largest absolute Gasteiger partial charge is 0.0856 e. The van der Waals surface area contributed by atoms with Crippen molar-refractivity contribution in [2.45, 2.75) is 66.2 Å². The molecule has 0 unspecified atom stereocenters. The molecule has 0 aliphatic carbocycles. The second-order valence-corrected chi connectivity index (χ2v) is 4.48. The second kappa shape index (κ2) is 8.34. The Kier molecular flexibility index (Phi) is 8.18. The minimum atomic E-state index is 0.864. The van der Waals surface area contributed by atoms with Crippen LogP contribution >= 0.6 is 0 Å². The zero-order valence-electron chi connectivity index (χ0n) is 9.90. The molecule has 0 heterocycles. The van der Waals surface area contributed by atoms with E-state index < -0.39 is 0 Å². The van der Waals surface area contributed by atoms with E-state index in [9.17, 15) is 0 Å². The minimum absolute atomic E-state index is 0.864. The molecule has 0 aromatic carbocycles. The Labute approximate surface area is 84.4 Å². The first-order valence-corrected chi connectivity index (χ1v) is 5.82. The fourth-order valence-corrected chi connectivity index (χ4v) is 1.44.